The highest BCUT2D eigenvalue weighted by Gasteiger charge is 2.13. The second-order valence-corrected chi connectivity index (χ2v) is 9.85. The van der Waals surface area contributed by atoms with E-state index in [1.807, 2.05) is 32.1 Å². The predicted molar refractivity (Wildman–Crippen MR) is 133 cm³/mol. The molecule has 0 fully saturated rings. The van der Waals surface area contributed by atoms with Crippen LogP contribution >= 0.6 is 34.5 Å². The van der Waals surface area contributed by atoms with Gasteiger partial charge in [0, 0.05) is 23.2 Å². The number of benzene rings is 2. The van der Waals surface area contributed by atoms with Gasteiger partial charge in [-0.25, -0.2) is 0 Å². The molecule has 4 rings (SSSR count). The molecule has 33 heavy (non-hydrogen) atoms. The highest BCUT2D eigenvalue weighted by Crippen LogP contribution is 2.17. The zero-order chi connectivity index (χ0) is 23.5. The second-order valence-electron chi connectivity index (χ2n) is 7.43. The number of ketones is 1. The number of aryl methyl sites for hydroxylation is 2. The Hall–Kier alpha value is -3.07. The first-order valence-electron chi connectivity index (χ1n) is 10.0. The second kappa shape index (κ2) is 9.82. The molecule has 0 spiro atoms. The number of Topliss-reactive ketones (excluding diaryl/α,β-unsaturated/α-hetero) is 1. The number of methoxy groups -OCH3 is 1. The lowest BCUT2D eigenvalue weighted by molar-refractivity contribution is 0.106. The van der Waals surface area contributed by atoms with E-state index in [2.05, 4.69) is 15.7 Å². The van der Waals surface area contributed by atoms with Crippen LogP contribution in [0.2, 0.25) is 4.34 Å². The summed E-state index contributed by atoms with van der Waals surface area (Å²) in [6, 6.07) is 12.9. The molecule has 0 amide bonds. The third-order valence-corrected chi connectivity index (χ3v) is 7.14. The van der Waals surface area contributed by atoms with Crippen molar-refractivity contribution in [3.63, 3.8) is 0 Å². The van der Waals surface area contributed by atoms with Gasteiger partial charge >= 0.3 is 0 Å². The van der Waals surface area contributed by atoms with E-state index < -0.39 is 0 Å². The molecule has 0 aliphatic carbocycles. The first-order chi connectivity index (χ1) is 15.9. The summed E-state index contributed by atoms with van der Waals surface area (Å²) in [6.07, 6.45) is 3.33. The Balaban J connectivity index is 1.85. The van der Waals surface area contributed by atoms with Crippen LogP contribution in [0.25, 0.3) is 12.2 Å². The Bertz CT molecular complexity index is 1500. The third kappa shape index (κ3) is 5.13. The molecule has 0 bridgehead atoms. The number of hydrogen-bond donors (Lipinski definition) is 0. The van der Waals surface area contributed by atoms with Crippen molar-refractivity contribution in [2.45, 2.75) is 20.4 Å². The number of thiazole rings is 1. The number of halogens is 1. The lowest BCUT2D eigenvalue weighted by atomic mass is 10.1. The monoisotopic (exact) mass is 497 g/mol. The Morgan fingerprint density at radius 3 is 2.58 bits per heavy atom. The number of hydrogen-bond acceptors (Lipinski definition) is 7. The van der Waals surface area contributed by atoms with E-state index in [4.69, 9.17) is 16.3 Å². The number of carbonyl (C=O) groups excluding carboxylic acids is 1. The number of aromatic nitrogens is 3. The quantitative estimate of drug-likeness (QED) is 0.381. The van der Waals surface area contributed by atoms with Crippen molar-refractivity contribution in [1.29, 1.82) is 0 Å². The molecule has 6 nitrogen and oxygen atoms in total. The van der Waals surface area contributed by atoms with Gasteiger partial charge in [0.15, 0.2) is 5.78 Å². The SMILES string of the molecule is COc1ccc(C(=O)C=c2sc(=Cc3ccc(C)cc3C)c(=O)n2Cc2nnsc2Cl)cc1. The van der Waals surface area contributed by atoms with E-state index in [0.717, 1.165) is 28.2 Å². The lowest BCUT2D eigenvalue weighted by Crippen LogP contribution is -2.32. The number of carbonyl (C=O) groups is 1. The Labute approximate surface area is 203 Å². The van der Waals surface area contributed by atoms with Crippen LogP contribution in [0.5, 0.6) is 5.75 Å². The standard InChI is InChI=1S/C24H20ClN3O3S2/c1-14-4-5-17(15(2)10-14)11-21-24(30)28(13-19-23(25)33-27-26-19)22(32-21)12-20(29)16-6-8-18(31-3)9-7-16/h4-12H,13H2,1-3H3. The van der Waals surface area contributed by atoms with E-state index >= 15 is 0 Å². The molecule has 0 N–H and O–H groups in total. The van der Waals surface area contributed by atoms with Crippen molar-refractivity contribution in [2.75, 3.05) is 7.11 Å². The van der Waals surface area contributed by atoms with Crippen molar-refractivity contribution in [1.82, 2.24) is 14.2 Å². The molecule has 0 atom stereocenters. The largest absolute Gasteiger partial charge is 0.497 e. The van der Waals surface area contributed by atoms with Crippen molar-refractivity contribution >= 4 is 52.4 Å². The lowest BCUT2D eigenvalue weighted by Gasteiger charge is -2.01. The Kier molecular flexibility index (Phi) is 6.88. The predicted octanol–water partition coefficient (Wildman–Crippen LogP) is 3.58. The summed E-state index contributed by atoms with van der Waals surface area (Å²) in [5.74, 6) is 0.448. The summed E-state index contributed by atoms with van der Waals surface area (Å²) in [7, 11) is 1.57. The minimum Gasteiger partial charge on any atom is -0.497 e. The fourth-order valence-electron chi connectivity index (χ4n) is 3.31. The van der Waals surface area contributed by atoms with E-state index in [0.29, 0.717) is 30.5 Å². The van der Waals surface area contributed by atoms with Gasteiger partial charge in [0.2, 0.25) is 0 Å². The number of rotatable bonds is 6. The average molecular weight is 498 g/mol. The fourth-order valence-corrected chi connectivity index (χ4v) is 4.96. The molecule has 2 heterocycles. The van der Waals surface area contributed by atoms with Gasteiger partial charge in [-0.15, -0.1) is 16.4 Å². The zero-order valence-electron chi connectivity index (χ0n) is 18.2. The van der Waals surface area contributed by atoms with E-state index in [1.165, 1.54) is 22.0 Å². The summed E-state index contributed by atoms with van der Waals surface area (Å²) in [5, 5.41) is 4.03. The maximum atomic E-state index is 13.3. The molecule has 2 aromatic heterocycles. The molecule has 2 aromatic carbocycles. The number of ether oxygens (including phenoxy) is 1. The highest BCUT2D eigenvalue weighted by atomic mass is 35.5. The van der Waals surface area contributed by atoms with Crippen LogP contribution in [0.1, 0.15) is 32.7 Å². The number of nitrogens with zero attached hydrogens (tertiary/aromatic N) is 3. The van der Waals surface area contributed by atoms with Gasteiger partial charge in [0.1, 0.15) is 20.4 Å². The Morgan fingerprint density at radius 2 is 1.94 bits per heavy atom. The third-order valence-electron chi connectivity index (χ3n) is 5.09. The Morgan fingerprint density at radius 1 is 1.18 bits per heavy atom. The first kappa shape index (κ1) is 23.1. The fraction of sp³-hybridized carbons (Fsp3) is 0.167. The van der Waals surface area contributed by atoms with Gasteiger partial charge in [-0.05, 0) is 55.3 Å². The van der Waals surface area contributed by atoms with Crippen molar-refractivity contribution in [3.8, 4) is 5.75 Å². The minimum atomic E-state index is -0.215. The molecular formula is C24H20ClN3O3S2. The topological polar surface area (TPSA) is 74.1 Å². The molecule has 4 aromatic rings. The molecule has 0 aliphatic rings. The smallest absolute Gasteiger partial charge is 0.269 e. The van der Waals surface area contributed by atoms with Crippen molar-refractivity contribution < 1.29 is 9.53 Å². The molecule has 0 saturated heterocycles. The summed E-state index contributed by atoms with van der Waals surface area (Å²) in [4.78, 5) is 26.3. The van der Waals surface area contributed by atoms with E-state index in [1.54, 1.807) is 31.4 Å². The molecule has 0 unspecified atom stereocenters. The molecule has 0 saturated carbocycles. The normalized spacial score (nSPS) is 12.4. The van der Waals surface area contributed by atoms with Crippen LogP contribution in [-0.4, -0.2) is 27.0 Å². The highest BCUT2D eigenvalue weighted by molar-refractivity contribution is 7.10. The molecule has 0 aliphatic heterocycles. The van der Waals surface area contributed by atoms with Crippen LogP contribution in [0, 0.1) is 13.8 Å². The van der Waals surface area contributed by atoms with Crippen LogP contribution in [0.4, 0.5) is 0 Å². The van der Waals surface area contributed by atoms with Gasteiger partial charge in [0.05, 0.1) is 18.2 Å². The maximum absolute atomic E-state index is 13.3. The van der Waals surface area contributed by atoms with Gasteiger partial charge in [-0.2, -0.15) is 0 Å². The molecule has 0 radical (unpaired) electrons. The van der Waals surface area contributed by atoms with Gasteiger partial charge in [0.25, 0.3) is 5.56 Å². The zero-order valence-corrected chi connectivity index (χ0v) is 20.6. The van der Waals surface area contributed by atoms with Crippen LogP contribution in [-0.2, 0) is 6.54 Å². The minimum absolute atomic E-state index is 0.132. The molecular weight excluding hydrogens is 478 g/mol. The van der Waals surface area contributed by atoms with Crippen LogP contribution in [0.3, 0.4) is 0 Å². The van der Waals surface area contributed by atoms with Crippen LogP contribution in [0.15, 0.2) is 47.3 Å². The maximum Gasteiger partial charge on any atom is 0.269 e. The van der Waals surface area contributed by atoms with Crippen LogP contribution < -0.4 is 19.5 Å². The molecule has 9 heteroatoms. The van der Waals surface area contributed by atoms with E-state index in [-0.39, 0.29) is 17.9 Å². The summed E-state index contributed by atoms with van der Waals surface area (Å²) in [6.45, 7) is 4.16. The van der Waals surface area contributed by atoms with Crippen molar-refractivity contribution in [2.24, 2.45) is 0 Å². The van der Waals surface area contributed by atoms with E-state index in [9.17, 15) is 9.59 Å². The van der Waals surface area contributed by atoms with Gasteiger partial charge in [-0.3, -0.25) is 14.2 Å². The summed E-state index contributed by atoms with van der Waals surface area (Å²) in [5.41, 5.74) is 3.95. The van der Waals surface area contributed by atoms with Gasteiger partial charge < -0.3 is 4.74 Å². The first-order valence-corrected chi connectivity index (χ1v) is 12.0. The molecule has 168 valence electrons. The summed E-state index contributed by atoms with van der Waals surface area (Å²) >= 11 is 8.50. The van der Waals surface area contributed by atoms with Gasteiger partial charge in [-0.1, -0.05) is 39.9 Å². The summed E-state index contributed by atoms with van der Waals surface area (Å²) < 4.78 is 12.0. The van der Waals surface area contributed by atoms with Crippen molar-refractivity contribution in [3.05, 3.63) is 94.3 Å². The average Bonchev–Trinajstić information content (AvgIpc) is 3.33.